The average molecular weight is 263 g/mol. The molecule has 2 atom stereocenters. The minimum atomic E-state index is 0.395. The molecule has 3 nitrogen and oxygen atoms in total. The van der Waals surface area contributed by atoms with Crippen molar-refractivity contribution in [2.24, 2.45) is 5.92 Å². The van der Waals surface area contributed by atoms with E-state index in [2.05, 4.69) is 24.4 Å². The third-order valence-electron chi connectivity index (χ3n) is 3.76. The van der Waals surface area contributed by atoms with E-state index in [1.807, 2.05) is 12.1 Å². The Morgan fingerprint density at radius 2 is 2.16 bits per heavy atom. The molecule has 1 aromatic carbocycles. The van der Waals surface area contributed by atoms with Gasteiger partial charge in [0, 0.05) is 18.6 Å². The van der Waals surface area contributed by atoms with E-state index in [1.54, 1.807) is 7.11 Å². The zero-order chi connectivity index (χ0) is 13.5. The lowest BCUT2D eigenvalue weighted by molar-refractivity contribution is 0.0390. The second kappa shape index (κ2) is 7.51. The van der Waals surface area contributed by atoms with E-state index in [1.165, 1.54) is 18.4 Å². The van der Waals surface area contributed by atoms with Gasteiger partial charge in [0.2, 0.25) is 0 Å². The molecule has 2 unspecified atom stereocenters. The largest absolute Gasteiger partial charge is 0.497 e. The molecule has 1 fully saturated rings. The van der Waals surface area contributed by atoms with Gasteiger partial charge in [0.25, 0.3) is 0 Å². The van der Waals surface area contributed by atoms with Crippen molar-refractivity contribution in [1.82, 2.24) is 5.32 Å². The summed E-state index contributed by atoms with van der Waals surface area (Å²) >= 11 is 0. The van der Waals surface area contributed by atoms with Crippen LogP contribution < -0.4 is 10.1 Å². The van der Waals surface area contributed by atoms with Crippen molar-refractivity contribution in [3.8, 4) is 5.75 Å². The van der Waals surface area contributed by atoms with E-state index in [9.17, 15) is 0 Å². The van der Waals surface area contributed by atoms with E-state index in [-0.39, 0.29) is 0 Å². The van der Waals surface area contributed by atoms with Gasteiger partial charge in [-0.3, -0.25) is 0 Å². The second-order valence-corrected chi connectivity index (χ2v) is 5.18. The predicted molar refractivity (Wildman–Crippen MR) is 77.6 cm³/mol. The van der Waals surface area contributed by atoms with Gasteiger partial charge in [-0.15, -0.1) is 0 Å². The van der Waals surface area contributed by atoms with Gasteiger partial charge in [-0.2, -0.15) is 0 Å². The first-order chi connectivity index (χ1) is 9.35. The third kappa shape index (κ3) is 3.95. The van der Waals surface area contributed by atoms with Gasteiger partial charge in [0.1, 0.15) is 5.75 Å². The smallest absolute Gasteiger partial charge is 0.118 e. The second-order valence-electron chi connectivity index (χ2n) is 5.18. The minimum Gasteiger partial charge on any atom is -0.497 e. The molecule has 0 spiro atoms. The SMILES string of the molecule is CCCNC(c1ccc(OC)cc1)C1CCCOC1. The number of methoxy groups -OCH3 is 1. The Balaban J connectivity index is 2.10. The number of hydrogen-bond acceptors (Lipinski definition) is 3. The van der Waals surface area contributed by atoms with Crippen molar-refractivity contribution in [3.63, 3.8) is 0 Å². The van der Waals surface area contributed by atoms with Gasteiger partial charge in [-0.25, -0.2) is 0 Å². The number of rotatable bonds is 6. The van der Waals surface area contributed by atoms with Crippen LogP contribution in [0, 0.1) is 5.92 Å². The summed E-state index contributed by atoms with van der Waals surface area (Å²) in [4.78, 5) is 0. The van der Waals surface area contributed by atoms with Crippen LogP contribution in [-0.2, 0) is 4.74 Å². The van der Waals surface area contributed by atoms with Crippen LogP contribution in [0.4, 0.5) is 0 Å². The van der Waals surface area contributed by atoms with Crippen LogP contribution >= 0.6 is 0 Å². The Bertz CT molecular complexity index is 358. The molecule has 0 radical (unpaired) electrons. The Kier molecular flexibility index (Phi) is 5.67. The third-order valence-corrected chi connectivity index (χ3v) is 3.76. The molecule has 0 amide bonds. The van der Waals surface area contributed by atoms with Gasteiger partial charge < -0.3 is 14.8 Å². The molecule has 3 heteroatoms. The van der Waals surface area contributed by atoms with Crippen LogP contribution in [-0.4, -0.2) is 26.9 Å². The number of ether oxygens (including phenoxy) is 2. The first kappa shape index (κ1) is 14.4. The molecule has 1 aliphatic heterocycles. The van der Waals surface area contributed by atoms with E-state index in [0.29, 0.717) is 12.0 Å². The van der Waals surface area contributed by atoms with Crippen molar-refractivity contribution in [1.29, 1.82) is 0 Å². The lowest BCUT2D eigenvalue weighted by Crippen LogP contribution is -2.33. The number of benzene rings is 1. The maximum atomic E-state index is 5.64. The summed E-state index contributed by atoms with van der Waals surface area (Å²) in [7, 11) is 1.71. The Morgan fingerprint density at radius 1 is 1.37 bits per heavy atom. The summed E-state index contributed by atoms with van der Waals surface area (Å²) in [5.74, 6) is 1.49. The first-order valence-corrected chi connectivity index (χ1v) is 7.30. The number of hydrogen-bond donors (Lipinski definition) is 1. The molecule has 0 aromatic heterocycles. The molecular formula is C16H25NO2. The van der Waals surface area contributed by atoms with Crippen LogP contribution in [0.3, 0.4) is 0 Å². The molecule has 0 saturated carbocycles. The normalized spacial score (nSPS) is 21.1. The Labute approximate surface area is 116 Å². The quantitative estimate of drug-likeness (QED) is 0.855. The Hall–Kier alpha value is -1.06. The zero-order valence-corrected chi connectivity index (χ0v) is 12.0. The van der Waals surface area contributed by atoms with Crippen LogP contribution in [0.25, 0.3) is 0 Å². The van der Waals surface area contributed by atoms with Gasteiger partial charge >= 0.3 is 0 Å². The molecule has 1 aliphatic rings. The molecule has 1 heterocycles. The van der Waals surface area contributed by atoms with Crippen LogP contribution in [0.5, 0.6) is 5.75 Å². The fourth-order valence-corrected chi connectivity index (χ4v) is 2.70. The molecular weight excluding hydrogens is 238 g/mol. The van der Waals surface area contributed by atoms with Crippen LogP contribution in [0.2, 0.25) is 0 Å². The summed E-state index contributed by atoms with van der Waals surface area (Å²) in [5.41, 5.74) is 1.34. The van der Waals surface area contributed by atoms with E-state index in [0.717, 1.165) is 31.9 Å². The van der Waals surface area contributed by atoms with Gasteiger partial charge in [0.15, 0.2) is 0 Å². The monoisotopic (exact) mass is 263 g/mol. The fourth-order valence-electron chi connectivity index (χ4n) is 2.70. The first-order valence-electron chi connectivity index (χ1n) is 7.30. The maximum absolute atomic E-state index is 5.64. The molecule has 106 valence electrons. The average Bonchev–Trinajstić information content (AvgIpc) is 2.49. The van der Waals surface area contributed by atoms with Crippen molar-refractivity contribution < 1.29 is 9.47 Å². The van der Waals surface area contributed by atoms with Crippen molar-refractivity contribution in [2.75, 3.05) is 26.9 Å². The van der Waals surface area contributed by atoms with Crippen molar-refractivity contribution in [3.05, 3.63) is 29.8 Å². The van der Waals surface area contributed by atoms with E-state index in [4.69, 9.17) is 9.47 Å². The van der Waals surface area contributed by atoms with E-state index < -0.39 is 0 Å². The zero-order valence-electron chi connectivity index (χ0n) is 12.0. The lowest BCUT2D eigenvalue weighted by Gasteiger charge is -2.31. The molecule has 0 aliphatic carbocycles. The standard InChI is InChI=1S/C16H25NO2/c1-3-10-17-16(14-5-4-11-19-12-14)13-6-8-15(18-2)9-7-13/h6-9,14,16-17H,3-5,10-12H2,1-2H3. The van der Waals surface area contributed by atoms with Crippen LogP contribution in [0.1, 0.15) is 37.8 Å². The minimum absolute atomic E-state index is 0.395. The van der Waals surface area contributed by atoms with E-state index >= 15 is 0 Å². The molecule has 2 rings (SSSR count). The fraction of sp³-hybridized carbons (Fsp3) is 0.625. The van der Waals surface area contributed by atoms with Gasteiger partial charge in [0.05, 0.1) is 13.7 Å². The highest BCUT2D eigenvalue weighted by molar-refractivity contribution is 5.29. The number of nitrogens with one attached hydrogen (secondary N) is 1. The van der Waals surface area contributed by atoms with Crippen molar-refractivity contribution >= 4 is 0 Å². The summed E-state index contributed by atoms with van der Waals surface area (Å²) < 4.78 is 10.9. The summed E-state index contributed by atoms with van der Waals surface area (Å²) in [5, 5.41) is 3.67. The lowest BCUT2D eigenvalue weighted by atomic mass is 9.88. The highest BCUT2D eigenvalue weighted by Crippen LogP contribution is 2.29. The summed E-state index contributed by atoms with van der Waals surface area (Å²) in [6, 6.07) is 8.81. The predicted octanol–water partition coefficient (Wildman–Crippen LogP) is 3.16. The maximum Gasteiger partial charge on any atom is 0.118 e. The molecule has 0 bridgehead atoms. The van der Waals surface area contributed by atoms with Gasteiger partial charge in [-0.1, -0.05) is 19.1 Å². The molecule has 19 heavy (non-hydrogen) atoms. The topological polar surface area (TPSA) is 30.5 Å². The van der Waals surface area contributed by atoms with Crippen molar-refractivity contribution in [2.45, 2.75) is 32.2 Å². The summed E-state index contributed by atoms with van der Waals surface area (Å²) in [6.45, 7) is 5.04. The molecule has 1 aromatic rings. The highest BCUT2D eigenvalue weighted by Gasteiger charge is 2.25. The van der Waals surface area contributed by atoms with Gasteiger partial charge in [-0.05, 0) is 43.5 Å². The molecule has 1 N–H and O–H groups in total. The molecule has 1 saturated heterocycles. The Morgan fingerprint density at radius 3 is 2.74 bits per heavy atom. The summed E-state index contributed by atoms with van der Waals surface area (Å²) in [6.07, 6.45) is 3.57. The van der Waals surface area contributed by atoms with Crippen LogP contribution in [0.15, 0.2) is 24.3 Å². The highest BCUT2D eigenvalue weighted by atomic mass is 16.5.